The van der Waals surface area contributed by atoms with Crippen LogP contribution in [0.2, 0.25) is 0 Å². The topological polar surface area (TPSA) is 166 Å². The average Bonchev–Trinajstić information content (AvgIpc) is 3.87. The predicted octanol–water partition coefficient (Wildman–Crippen LogP) is 8.94. The molecule has 13 nitrogen and oxygen atoms in total. The highest BCUT2D eigenvalue weighted by Gasteiger charge is 2.34. The molecular formula is C47H42F2N8O5. The lowest BCUT2D eigenvalue weighted by Gasteiger charge is -2.23. The number of aliphatic hydroxyl groups is 3. The number of nitrogens with zero attached hydrogens (tertiary/aromatic N) is 8. The van der Waals surface area contributed by atoms with Crippen molar-refractivity contribution in [2.24, 2.45) is 0 Å². The number of hydrogen-bond donors (Lipinski definition) is 3. The van der Waals surface area contributed by atoms with Crippen LogP contribution in [-0.2, 0) is 0 Å². The normalized spacial score (nSPS) is 11.9. The van der Waals surface area contributed by atoms with E-state index in [2.05, 4.69) is 9.97 Å². The van der Waals surface area contributed by atoms with E-state index in [0.717, 1.165) is 11.1 Å². The molecule has 62 heavy (non-hydrogen) atoms. The highest BCUT2D eigenvalue weighted by atomic mass is 19.1. The molecule has 0 aliphatic heterocycles. The molecule has 0 aliphatic rings. The van der Waals surface area contributed by atoms with Crippen LogP contribution in [0.1, 0.15) is 36.6 Å². The Morgan fingerprint density at radius 2 is 0.903 bits per heavy atom. The van der Waals surface area contributed by atoms with Gasteiger partial charge in [0.2, 0.25) is 0 Å². The van der Waals surface area contributed by atoms with Crippen molar-refractivity contribution >= 4 is 0 Å². The van der Waals surface area contributed by atoms with Crippen molar-refractivity contribution in [1.82, 2.24) is 39.0 Å². The summed E-state index contributed by atoms with van der Waals surface area (Å²) < 4.78 is 44.5. The number of rotatable bonds is 15. The molecule has 4 aromatic heterocycles. The first-order valence-corrected chi connectivity index (χ1v) is 19.9. The summed E-state index contributed by atoms with van der Waals surface area (Å²) in [7, 11) is 0. The van der Waals surface area contributed by atoms with Crippen molar-refractivity contribution in [2.45, 2.75) is 39.3 Å². The maximum atomic E-state index is 14.5. The van der Waals surface area contributed by atoms with Gasteiger partial charge < -0.3 is 33.9 Å². The van der Waals surface area contributed by atoms with Gasteiger partial charge in [0.1, 0.15) is 23.1 Å². The Bertz CT molecular complexity index is 2600. The number of hydrogen-bond acceptors (Lipinski definition) is 11. The molecule has 8 aromatic rings. The first-order chi connectivity index (χ1) is 30.2. The Balaban J connectivity index is 1.42. The van der Waals surface area contributed by atoms with Gasteiger partial charge >= 0.3 is 12.0 Å². The van der Waals surface area contributed by atoms with Gasteiger partial charge in [-0.05, 0) is 105 Å². The van der Waals surface area contributed by atoms with Gasteiger partial charge in [0, 0.05) is 23.5 Å². The number of benzene rings is 4. The number of imidazole rings is 2. The van der Waals surface area contributed by atoms with Crippen LogP contribution in [0.5, 0.6) is 23.5 Å². The number of aryl methyl sites for hydroxylation is 2. The van der Waals surface area contributed by atoms with Crippen LogP contribution in [0.15, 0.2) is 122 Å². The van der Waals surface area contributed by atoms with E-state index in [9.17, 15) is 24.1 Å². The molecule has 4 heterocycles. The minimum Gasteiger partial charge on any atom is -0.424 e. The Morgan fingerprint density at radius 3 is 1.27 bits per heavy atom. The lowest BCUT2D eigenvalue weighted by atomic mass is 10.1. The number of aromatic nitrogens is 8. The molecule has 0 radical (unpaired) electrons. The van der Waals surface area contributed by atoms with Crippen LogP contribution in [0.4, 0.5) is 8.78 Å². The van der Waals surface area contributed by atoms with Gasteiger partial charge in [0.05, 0.1) is 66.1 Å². The Labute approximate surface area is 355 Å². The summed E-state index contributed by atoms with van der Waals surface area (Å²) in [4.78, 5) is 28.7. The summed E-state index contributed by atoms with van der Waals surface area (Å²) in [5.74, 6) is 0.439. The third kappa shape index (κ3) is 8.54. The number of ether oxygens (including phenoxy) is 2. The molecule has 0 amide bonds. The van der Waals surface area contributed by atoms with E-state index in [0.29, 0.717) is 63.2 Å². The molecule has 0 saturated carbocycles. The molecule has 314 valence electrons. The van der Waals surface area contributed by atoms with Gasteiger partial charge in [0.25, 0.3) is 0 Å². The standard InChI is InChI=1S/C47H42F2N8O5/c1-4-34(25-58)56-42(38-21-23-50-46(52-38)61-36-17-5-28(2)6-18-36)40(30-9-13-32(48)14-10-30)54-44(56)45-55-41(31-11-15-33(49)16-12-31)43(57(45)35(26-59)27-60)39-22-24-51-47(53-39)62-37-19-7-29(3)8-20-37/h5-24,34-35,58-60H,4,25-27H2,1-3H3. The van der Waals surface area contributed by atoms with Gasteiger partial charge in [-0.25, -0.2) is 28.7 Å². The zero-order valence-electron chi connectivity index (χ0n) is 34.0. The SMILES string of the molecule is CCC(CO)n1c(-c2nc(-c3ccc(F)cc3)c(-c3ccnc(Oc4ccc(C)cc4)n3)n2C(CO)CO)nc(-c2ccc(F)cc2)c1-c1ccnc(Oc2ccc(C)cc2)n1. The minimum absolute atomic E-state index is 0.0105. The van der Waals surface area contributed by atoms with E-state index in [1.165, 1.54) is 30.5 Å². The van der Waals surface area contributed by atoms with E-state index in [-0.39, 0.29) is 30.3 Å². The smallest absolute Gasteiger partial charge is 0.322 e. The minimum atomic E-state index is -1.02. The second-order valence-corrected chi connectivity index (χ2v) is 14.6. The zero-order chi connectivity index (χ0) is 43.3. The molecule has 8 rings (SSSR count). The van der Waals surface area contributed by atoms with Crippen LogP contribution in [0, 0.1) is 25.5 Å². The molecule has 0 bridgehead atoms. The van der Waals surface area contributed by atoms with Gasteiger partial charge in [-0.15, -0.1) is 0 Å². The maximum Gasteiger partial charge on any atom is 0.322 e. The summed E-state index contributed by atoms with van der Waals surface area (Å²) >= 11 is 0. The van der Waals surface area contributed by atoms with Crippen LogP contribution in [0.3, 0.4) is 0 Å². The quantitative estimate of drug-likeness (QED) is 0.0902. The molecule has 0 aliphatic carbocycles. The zero-order valence-corrected chi connectivity index (χ0v) is 34.0. The van der Waals surface area contributed by atoms with Crippen molar-refractivity contribution < 1.29 is 33.6 Å². The predicted molar refractivity (Wildman–Crippen MR) is 228 cm³/mol. The van der Waals surface area contributed by atoms with E-state index < -0.39 is 36.9 Å². The summed E-state index contributed by atoms with van der Waals surface area (Å²) in [6.07, 6.45) is 3.46. The molecule has 15 heteroatoms. The van der Waals surface area contributed by atoms with Crippen LogP contribution in [0.25, 0.3) is 56.9 Å². The molecule has 0 saturated heterocycles. The maximum absolute atomic E-state index is 14.5. The van der Waals surface area contributed by atoms with Gasteiger partial charge in [-0.1, -0.05) is 42.3 Å². The molecule has 0 spiro atoms. The average molecular weight is 837 g/mol. The van der Waals surface area contributed by atoms with Crippen LogP contribution >= 0.6 is 0 Å². The first-order valence-electron chi connectivity index (χ1n) is 19.9. The highest BCUT2D eigenvalue weighted by Crippen LogP contribution is 2.43. The Kier molecular flexibility index (Phi) is 12.2. The number of halogens is 2. The van der Waals surface area contributed by atoms with Gasteiger partial charge in [-0.3, -0.25) is 0 Å². The van der Waals surface area contributed by atoms with Crippen molar-refractivity contribution in [2.75, 3.05) is 19.8 Å². The highest BCUT2D eigenvalue weighted by molar-refractivity contribution is 5.84. The fourth-order valence-corrected chi connectivity index (χ4v) is 7.08. The third-order valence-electron chi connectivity index (χ3n) is 10.3. The molecule has 3 N–H and O–H groups in total. The lowest BCUT2D eigenvalue weighted by molar-refractivity contribution is 0.156. The second-order valence-electron chi connectivity index (χ2n) is 14.6. The number of aliphatic hydroxyl groups excluding tert-OH is 3. The van der Waals surface area contributed by atoms with E-state index in [4.69, 9.17) is 29.4 Å². The largest absolute Gasteiger partial charge is 0.424 e. The monoisotopic (exact) mass is 836 g/mol. The Morgan fingerprint density at radius 1 is 0.516 bits per heavy atom. The molecular weight excluding hydrogens is 795 g/mol. The van der Waals surface area contributed by atoms with Crippen LogP contribution in [-0.4, -0.2) is 74.2 Å². The summed E-state index contributed by atoms with van der Waals surface area (Å²) in [5, 5.41) is 32.9. The summed E-state index contributed by atoms with van der Waals surface area (Å²) in [5.41, 5.74) is 5.14. The molecule has 0 fully saturated rings. The van der Waals surface area contributed by atoms with E-state index >= 15 is 0 Å². The molecule has 4 aromatic carbocycles. The first kappa shape index (κ1) is 41.5. The van der Waals surface area contributed by atoms with Crippen LogP contribution < -0.4 is 9.47 Å². The van der Waals surface area contributed by atoms with Gasteiger partial charge in [0.15, 0.2) is 11.6 Å². The lowest BCUT2D eigenvalue weighted by Crippen LogP contribution is -2.22. The third-order valence-corrected chi connectivity index (χ3v) is 10.3. The molecule has 1 unspecified atom stereocenters. The fourth-order valence-electron chi connectivity index (χ4n) is 7.08. The second kappa shape index (κ2) is 18.2. The Hall–Kier alpha value is -7.20. The van der Waals surface area contributed by atoms with Crippen molar-refractivity contribution in [3.05, 3.63) is 144 Å². The van der Waals surface area contributed by atoms with Crippen molar-refractivity contribution in [3.63, 3.8) is 0 Å². The van der Waals surface area contributed by atoms with Crippen molar-refractivity contribution in [1.29, 1.82) is 0 Å². The van der Waals surface area contributed by atoms with E-state index in [1.54, 1.807) is 76.0 Å². The fraction of sp³-hybridized carbons (Fsp3) is 0.191. The summed E-state index contributed by atoms with van der Waals surface area (Å²) in [6.45, 7) is 4.39. The van der Waals surface area contributed by atoms with E-state index in [1.807, 2.05) is 45.0 Å². The summed E-state index contributed by atoms with van der Waals surface area (Å²) in [6, 6.07) is 28.0. The van der Waals surface area contributed by atoms with Crippen molar-refractivity contribution in [3.8, 4) is 80.5 Å². The molecule has 1 atom stereocenters. The van der Waals surface area contributed by atoms with Gasteiger partial charge in [-0.2, -0.15) is 9.97 Å².